The average molecular weight is 234 g/mol. The lowest BCUT2D eigenvalue weighted by Crippen LogP contribution is -2.38. The Morgan fingerprint density at radius 2 is 2.18 bits per heavy atom. The topological polar surface area (TPSA) is 36.1 Å². The van der Waals surface area contributed by atoms with Crippen LogP contribution in [0.2, 0.25) is 0 Å². The van der Waals surface area contributed by atoms with Gasteiger partial charge >= 0.3 is 0 Å². The van der Waals surface area contributed by atoms with Crippen molar-refractivity contribution in [2.24, 2.45) is 0 Å². The minimum Gasteiger partial charge on any atom is -0.329 e. The summed E-state index contributed by atoms with van der Waals surface area (Å²) in [4.78, 5) is 16.8. The molecule has 1 aromatic rings. The molecule has 2 heterocycles. The fourth-order valence-corrected chi connectivity index (χ4v) is 2.74. The molecule has 17 heavy (non-hydrogen) atoms. The molecule has 0 amide bonds. The van der Waals surface area contributed by atoms with Gasteiger partial charge in [-0.15, -0.1) is 0 Å². The number of hydrogen-bond donors (Lipinski definition) is 1. The highest BCUT2D eigenvalue weighted by Gasteiger charge is 2.25. The van der Waals surface area contributed by atoms with Crippen LogP contribution in [0.25, 0.3) is 0 Å². The first-order chi connectivity index (χ1) is 8.09. The Labute approximate surface area is 103 Å². The second-order valence-corrected chi connectivity index (χ2v) is 5.29. The maximum atomic E-state index is 11.4. The summed E-state index contributed by atoms with van der Waals surface area (Å²) in [5, 5.41) is 0. The lowest BCUT2D eigenvalue weighted by molar-refractivity contribution is 0.112. The molecule has 1 atom stereocenters. The van der Waals surface area contributed by atoms with E-state index in [0.717, 1.165) is 5.56 Å². The number of aryl methyl sites for hydroxylation is 1. The van der Waals surface area contributed by atoms with E-state index in [9.17, 15) is 4.79 Å². The Hall–Kier alpha value is -1.09. The normalized spacial score (nSPS) is 22.0. The van der Waals surface area contributed by atoms with Crippen LogP contribution < -0.4 is 5.56 Å². The summed E-state index contributed by atoms with van der Waals surface area (Å²) < 4.78 is 0. The summed E-state index contributed by atoms with van der Waals surface area (Å²) in [7, 11) is 0. The van der Waals surface area contributed by atoms with Gasteiger partial charge in [0.05, 0.1) is 0 Å². The van der Waals surface area contributed by atoms with Crippen LogP contribution in [0.1, 0.15) is 50.3 Å². The zero-order valence-electron chi connectivity index (χ0n) is 11.0. The molecular formula is C14H22N2O. The van der Waals surface area contributed by atoms with E-state index in [-0.39, 0.29) is 5.56 Å². The largest absolute Gasteiger partial charge is 0.329 e. The van der Waals surface area contributed by atoms with Crippen molar-refractivity contribution in [3.05, 3.63) is 33.7 Å². The van der Waals surface area contributed by atoms with Crippen molar-refractivity contribution in [1.29, 1.82) is 0 Å². The van der Waals surface area contributed by atoms with Gasteiger partial charge < -0.3 is 4.98 Å². The maximum absolute atomic E-state index is 11.4. The van der Waals surface area contributed by atoms with Gasteiger partial charge in [-0.2, -0.15) is 0 Å². The average Bonchev–Trinajstić information content (AvgIpc) is 2.32. The number of hydrogen-bond acceptors (Lipinski definition) is 2. The molecule has 1 saturated heterocycles. The van der Waals surface area contributed by atoms with Crippen LogP contribution in [0.3, 0.4) is 0 Å². The van der Waals surface area contributed by atoms with Gasteiger partial charge in [0.2, 0.25) is 0 Å². The number of rotatable bonds is 2. The highest BCUT2D eigenvalue weighted by Crippen LogP contribution is 2.31. The monoisotopic (exact) mass is 234 g/mol. The zero-order chi connectivity index (χ0) is 12.4. The maximum Gasteiger partial charge on any atom is 0.250 e. The number of aromatic nitrogens is 1. The molecule has 1 aliphatic heterocycles. The van der Waals surface area contributed by atoms with E-state index in [2.05, 4.69) is 23.7 Å². The molecule has 3 nitrogen and oxygen atoms in total. The van der Waals surface area contributed by atoms with Crippen molar-refractivity contribution < 1.29 is 0 Å². The highest BCUT2D eigenvalue weighted by molar-refractivity contribution is 5.21. The third-order valence-electron chi connectivity index (χ3n) is 3.70. The van der Waals surface area contributed by atoms with Crippen LogP contribution in [0.4, 0.5) is 0 Å². The molecule has 0 spiro atoms. The number of aromatic amines is 1. The van der Waals surface area contributed by atoms with Crippen LogP contribution in [0, 0.1) is 6.92 Å². The minimum atomic E-state index is 0.0284. The molecule has 0 unspecified atom stereocenters. The van der Waals surface area contributed by atoms with Crippen LogP contribution in [-0.2, 0) is 0 Å². The van der Waals surface area contributed by atoms with E-state index in [1.165, 1.54) is 31.4 Å². The number of likely N-dealkylation sites (tertiary alicyclic amines) is 1. The number of nitrogens with one attached hydrogen (secondary N) is 1. The Bertz CT molecular complexity index is 436. The molecule has 0 bridgehead atoms. The number of piperidine rings is 1. The first kappa shape index (κ1) is 12.4. The van der Waals surface area contributed by atoms with Crippen molar-refractivity contribution in [2.75, 3.05) is 6.54 Å². The van der Waals surface area contributed by atoms with E-state index < -0.39 is 0 Å². The third kappa shape index (κ3) is 2.60. The molecule has 0 aliphatic carbocycles. The van der Waals surface area contributed by atoms with E-state index in [1.807, 2.05) is 19.2 Å². The van der Waals surface area contributed by atoms with Crippen LogP contribution in [0.15, 0.2) is 17.1 Å². The molecule has 1 fully saturated rings. The fourth-order valence-electron chi connectivity index (χ4n) is 2.74. The van der Waals surface area contributed by atoms with E-state index in [0.29, 0.717) is 12.1 Å². The summed E-state index contributed by atoms with van der Waals surface area (Å²) >= 11 is 0. The van der Waals surface area contributed by atoms with Crippen molar-refractivity contribution >= 4 is 0 Å². The van der Waals surface area contributed by atoms with Gasteiger partial charge in [0.1, 0.15) is 0 Å². The van der Waals surface area contributed by atoms with Gasteiger partial charge in [-0.25, -0.2) is 0 Å². The van der Waals surface area contributed by atoms with Crippen molar-refractivity contribution in [3.8, 4) is 0 Å². The number of H-pyrrole nitrogens is 1. The second-order valence-electron chi connectivity index (χ2n) is 5.29. The number of pyridine rings is 1. The zero-order valence-corrected chi connectivity index (χ0v) is 11.0. The lowest BCUT2D eigenvalue weighted by Gasteiger charge is -2.38. The summed E-state index contributed by atoms with van der Waals surface area (Å²) in [5.41, 5.74) is 2.10. The van der Waals surface area contributed by atoms with E-state index in [4.69, 9.17) is 0 Å². The third-order valence-corrected chi connectivity index (χ3v) is 3.70. The van der Waals surface area contributed by atoms with Crippen LogP contribution >= 0.6 is 0 Å². The Morgan fingerprint density at radius 3 is 2.82 bits per heavy atom. The van der Waals surface area contributed by atoms with Crippen LogP contribution in [0.5, 0.6) is 0 Å². The van der Waals surface area contributed by atoms with Crippen molar-refractivity contribution in [2.45, 2.75) is 52.1 Å². The molecule has 0 aromatic carbocycles. The fraction of sp³-hybridized carbons (Fsp3) is 0.643. The highest BCUT2D eigenvalue weighted by atomic mass is 16.1. The Balaban J connectivity index is 2.29. The molecule has 1 N–H and O–H groups in total. The van der Waals surface area contributed by atoms with E-state index in [1.54, 1.807) is 0 Å². The molecule has 94 valence electrons. The summed E-state index contributed by atoms with van der Waals surface area (Å²) in [6.07, 6.45) is 5.66. The van der Waals surface area contributed by atoms with Gasteiger partial charge in [0.15, 0.2) is 0 Å². The predicted molar refractivity (Wildman–Crippen MR) is 70.2 cm³/mol. The quantitative estimate of drug-likeness (QED) is 0.854. The molecular weight excluding hydrogens is 212 g/mol. The SMILES string of the molecule is Cc1cc([C@H]2CCCCN2C(C)C)c[nH]c1=O. The molecule has 2 rings (SSSR count). The summed E-state index contributed by atoms with van der Waals surface area (Å²) in [6.45, 7) is 7.54. The lowest BCUT2D eigenvalue weighted by atomic mass is 9.94. The van der Waals surface area contributed by atoms with Gasteiger partial charge in [-0.1, -0.05) is 6.42 Å². The predicted octanol–water partition coefficient (Wildman–Crippen LogP) is 2.62. The smallest absolute Gasteiger partial charge is 0.250 e. The van der Waals surface area contributed by atoms with Crippen molar-refractivity contribution in [3.63, 3.8) is 0 Å². The first-order valence-corrected chi connectivity index (χ1v) is 6.54. The Kier molecular flexibility index (Phi) is 3.67. The van der Waals surface area contributed by atoms with Crippen LogP contribution in [-0.4, -0.2) is 22.5 Å². The van der Waals surface area contributed by atoms with Gasteiger partial charge in [0, 0.05) is 23.8 Å². The molecule has 0 saturated carbocycles. The standard InChI is InChI=1S/C14H22N2O/c1-10(2)16-7-5-4-6-13(16)12-8-11(3)14(17)15-9-12/h8-10,13H,4-7H2,1-3H3,(H,15,17)/t13-/m1/s1. The van der Waals surface area contributed by atoms with Gasteiger partial charge in [-0.05, 0) is 51.8 Å². The first-order valence-electron chi connectivity index (χ1n) is 6.54. The van der Waals surface area contributed by atoms with Gasteiger partial charge in [0.25, 0.3) is 5.56 Å². The number of nitrogens with zero attached hydrogens (tertiary/aromatic N) is 1. The summed E-state index contributed by atoms with van der Waals surface area (Å²) in [5.74, 6) is 0. The molecule has 1 aliphatic rings. The van der Waals surface area contributed by atoms with E-state index >= 15 is 0 Å². The summed E-state index contributed by atoms with van der Waals surface area (Å²) in [6, 6.07) is 3.08. The van der Waals surface area contributed by atoms with Gasteiger partial charge in [-0.3, -0.25) is 9.69 Å². The molecule has 0 radical (unpaired) electrons. The second kappa shape index (κ2) is 5.05. The molecule has 3 heteroatoms. The Morgan fingerprint density at radius 1 is 1.41 bits per heavy atom. The van der Waals surface area contributed by atoms with Crippen molar-refractivity contribution in [1.82, 2.24) is 9.88 Å². The molecule has 1 aromatic heterocycles. The minimum absolute atomic E-state index is 0.0284.